The maximum absolute atomic E-state index is 13.1. The lowest BCUT2D eigenvalue weighted by molar-refractivity contribution is -0.147. The molecule has 2 N–H and O–H groups in total. The maximum Gasteiger partial charge on any atom is 0.346 e. The predicted octanol–water partition coefficient (Wildman–Crippen LogP) is 1.22. The van der Waals surface area contributed by atoms with Gasteiger partial charge < -0.3 is 15.2 Å². The number of benzene rings is 1. The molecule has 0 aliphatic carbocycles. The summed E-state index contributed by atoms with van der Waals surface area (Å²) in [6, 6.07) is 4.09. The number of hydrogen-bond donors (Lipinski definition) is 1. The van der Waals surface area contributed by atoms with Gasteiger partial charge in [0.25, 0.3) is 0 Å². The van der Waals surface area contributed by atoms with Crippen molar-refractivity contribution >= 4 is 5.97 Å². The van der Waals surface area contributed by atoms with E-state index in [1.807, 2.05) is 0 Å². The van der Waals surface area contributed by atoms with Gasteiger partial charge in [-0.25, -0.2) is 9.18 Å². The molecule has 4 nitrogen and oxygen atoms in total. The van der Waals surface area contributed by atoms with Gasteiger partial charge in [-0.3, -0.25) is 0 Å². The molecule has 16 heavy (non-hydrogen) atoms. The van der Waals surface area contributed by atoms with Crippen LogP contribution >= 0.6 is 0 Å². The van der Waals surface area contributed by atoms with Crippen LogP contribution in [0.25, 0.3) is 0 Å². The van der Waals surface area contributed by atoms with Crippen LogP contribution in [0.5, 0.6) is 5.75 Å². The third kappa shape index (κ3) is 3.20. The van der Waals surface area contributed by atoms with Crippen LogP contribution in [0.4, 0.5) is 4.39 Å². The number of esters is 1. The number of hydrogen-bond acceptors (Lipinski definition) is 4. The highest BCUT2D eigenvalue weighted by Gasteiger charge is 2.15. The van der Waals surface area contributed by atoms with E-state index in [1.165, 1.54) is 26.2 Å². The molecule has 5 heteroatoms. The van der Waals surface area contributed by atoms with Gasteiger partial charge in [0.1, 0.15) is 11.6 Å². The summed E-state index contributed by atoms with van der Waals surface area (Å²) in [5.41, 5.74) is 5.99. The Morgan fingerprint density at radius 1 is 1.50 bits per heavy atom. The first-order valence-corrected chi connectivity index (χ1v) is 4.81. The number of halogens is 1. The molecule has 1 aromatic rings. The second kappa shape index (κ2) is 5.46. The molecule has 1 aromatic carbocycles. The molecule has 0 aliphatic heterocycles. The van der Waals surface area contributed by atoms with Gasteiger partial charge >= 0.3 is 5.97 Å². The Kier molecular flexibility index (Phi) is 4.25. The molecule has 0 saturated carbocycles. The van der Waals surface area contributed by atoms with E-state index >= 15 is 0 Å². The summed E-state index contributed by atoms with van der Waals surface area (Å²) in [5.74, 6) is -0.702. The van der Waals surface area contributed by atoms with Gasteiger partial charge in [0.2, 0.25) is 0 Å². The van der Waals surface area contributed by atoms with Crippen LogP contribution in [0.1, 0.15) is 12.5 Å². The van der Waals surface area contributed by atoms with Crippen molar-refractivity contribution in [3.05, 3.63) is 29.6 Å². The van der Waals surface area contributed by atoms with Crippen LogP contribution in [-0.2, 0) is 16.1 Å². The fourth-order valence-corrected chi connectivity index (χ4v) is 1.22. The minimum absolute atomic E-state index is 0.209. The third-order valence-corrected chi connectivity index (χ3v) is 2.01. The standard InChI is InChI=1S/C11H14FNO3/c1-7(11(14)15-2)16-10-4-8(6-13)3-9(12)5-10/h3-5,7H,6,13H2,1-2H3. The molecule has 1 unspecified atom stereocenters. The minimum atomic E-state index is -0.780. The lowest BCUT2D eigenvalue weighted by Crippen LogP contribution is -2.25. The largest absolute Gasteiger partial charge is 0.479 e. The average Bonchev–Trinajstić information content (AvgIpc) is 2.26. The number of carbonyl (C=O) groups is 1. The Balaban J connectivity index is 2.80. The SMILES string of the molecule is COC(=O)C(C)Oc1cc(F)cc(CN)c1. The first-order chi connectivity index (χ1) is 7.56. The molecule has 88 valence electrons. The molecule has 0 amide bonds. The molecular weight excluding hydrogens is 213 g/mol. The van der Waals surface area contributed by atoms with Gasteiger partial charge in [-0.05, 0) is 24.6 Å². The zero-order chi connectivity index (χ0) is 12.1. The van der Waals surface area contributed by atoms with E-state index in [0.717, 1.165) is 0 Å². The zero-order valence-electron chi connectivity index (χ0n) is 9.20. The van der Waals surface area contributed by atoms with E-state index < -0.39 is 17.9 Å². The normalized spacial score (nSPS) is 12.0. The quantitative estimate of drug-likeness (QED) is 0.786. The Labute approximate surface area is 93.2 Å². The second-order valence-electron chi connectivity index (χ2n) is 3.28. The highest BCUT2D eigenvalue weighted by atomic mass is 19.1. The molecule has 0 saturated heterocycles. The van der Waals surface area contributed by atoms with Gasteiger partial charge in [-0.1, -0.05) is 0 Å². The topological polar surface area (TPSA) is 61.5 Å². The average molecular weight is 227 g/mol. The summed E-state index contributed by atoms with van der Waals surface area (Å²) in [6.07, 6.45) is -0.780. The summed E-state index contributed by atoms with van der Waals surface area (Å²) in [6.45, 7) is 1.74. The molecule has 0 aromatic heterocycles. The van der Waals surface area contributed by atoms with Crippen LogP contribution in [0.15, 0.2) is 18.2 Å². The molecular formula is C11H14FNO3. The van der Waals surface area contributed by atoms with Crippen LogP contribution < -0.4 is 10.5 Å². The second-order valence-corrected chi connectivity index (χ2v) is 3.28. The third-order valence-electron chi connectivity index (χ3n) is 2.01. The van der Waals surface area contributed by atoms with Crippen LogP contribution in [0.3, 0.4) is 0 Å². The van der Waals surface area contributed by atoms with Crippen LogP contribution in [-0.4, -0.2) is 19.2 Å². The van der Waals surface area contributed by atoms with Crippen molar-refractivity contribution in [3.63, 3.8) is 0 Å². The van der Waals surface area contributed by atoms with Gasteiger partial charge in [-0.15, -0.1) is 0 Å². The highest BCUT2D eigenvalue weighted by molar-refractivity contribution is 5.74. The van der Waals surface area contributed by atoms with Crippen LogP contribution in [0.2, 0.25) is 0 Å². The van der Waals surface area contributed by atoms with E-state index in [9.17, 15) is 9.18 Å². The van der Waals surface area contributed by atoms with E-state index in [1.54, 1.807) is 6.07 Å². The minimum Gasteiger partial charge on any atom is -0.479 e. The summed E-state index contributed by atoms with van der Waals surface area (Å²) < 4.78 is 22.8. The molecule has 0 aliphatic rings. The van der Waals surface area contributed by atoms with Crippen LogP contribution in [0, 0.1) is 5.82 Å². The molecule has 0 spiro atoms. The van der Waals surface area contributed by atoms with Crippen molar-refractivity contribution in [2.24, 2.45) is 5.73 Å². The van der Waals surface area contributed by atoms with Gasteiger partial charge in [0.05, 0.1) is 7.11 Å². The monoisotopic (exact) mass is 227 g/mol. The van der Waals surface area contributed by atoms with Crippen molar-refractivity contribution in [1.29, 1.82) is 0 Å². The molecule has 1 atom stereocenters. The molecule has 0 heterocycles. The van der Waals surface area contributed by atoms with E-state index in [0.29, 0.717) is 5.56 Å². The summed E-state index contributed by atoms with van der Waals surface area (Å²) in [7, 11) is 1.26. The first-order valence-electron chi connectivity index (χ1n) is 4.81. The molecule has 0 radical (unpaired) electrons. The number of ether oxygens (including phenoxy) is 2. The summed E-state index contributed by atoms with van der Waals surface area (Å²) in [5, 5.41) is 0. The smallest absolute Gasteiger partial charge is 0.346 e. The fraction of sp³-hybridized carbons (Fsp3) is 0.364. The maximum atomic E-state index is 13.1. The summed E-state index contributed by atoms with van der Waals surface area (Å²) >= 11 is 0. The number of carbonyl (C=O) groups excluding carboxylic acids is 1. The van der Waals surface area contributed by atoms with Crippen molar-refractivity contribution in [2.75, 3.05) is 7.11 Å². The molecule has 0 fully saturated rings. The van der Waals surface area contributed by atoms with Crippen molar-refractivity contribution < 1.29 is 18.7 Å². The number of nitrogens with two attached hydrogens (primary N) is 1. The Hall–Kier alpha value is -1.62. The number of rotatable bonds is 4. The summed E-state index contributed by atoms with van der Waals surface area (Å²) in [4.78, 5) is 11.1. The Bertz CT molecular complexity index is 381. The number of methoxy groups -OCH3 is 1. The Morgan fingerprint density at radius 2 is 2.19 bits per heavy atom. The highest BCUT2D eigenvalue weighted by Crippen LogP contribution is 2.17. The van der Waals surface area contributed by atoms with E-state index in [-0.39, 0.29) is 12.3 Å². The van der Waals surface area contributed by atoms with E-state index in [4.69, 9.17) is 10.5 Å². The van der Waals surface area contributed by atoms with Gasteiger partial charge in [-0.2, -0.15) is 0 Å². The van der Waals surface area contributed by atoms with Crippen molar-refractivity contribution in [1.82, 2.24) is 0 Å². The van der Waals surface area contributed by atoms with Gasteiger partial charge in [0.15, 0.2) is 6.10 Å². The van der Waals surface area contributed by atoms with E-state index in [2.05, 4.69) is 4.74 Å². The molecule has 1 rings (SSSR count). The zero-order valence-corrected chi connectivity index (χ0v) is 9.20. The lowest BCUT2D eigenvalue weighted by Gasteiger charge is -2.13. The fourth-order valence-electron chi connectivity index (χ4n) is 1.22. The first kappa shape index (κ1) is 12.4. The van der Waals surface area contributed by atoms with Crippen molar-refractivity contribution in [3.8, 4) is 5.75 Å². The van der Waals surface area contributed by atoms with Crippen molar-refractivity contribution in [2.45, 2.75) is 19.6 Å². The molecule has 0 bridgehead atoms. The lowest BCUT2D eigenvalue weighted by atomic mass is 10.2. The van der Waals surface area contributed by atoms with Gasteiger partial charge in [0, 0.05) is 12.6 Å². The Morgan fingerprint density at radius 3 is 2.75 bits per heavy atom. The predicted molar refractivity (Wildman–Crippen MR) is 56.4 cm³/mol.